The molecule has 0 aromatic heterocycles. The number of hydrogen-bond acceptors (Lipinski definition) is 1. The largest absolute Gasteiger partial charge is 0.143 e. The minimum Gasteiger partial charge on any atom is -0.143 e. The Morgan fingerprint density at radius 2 is 0.957 bits per heavy atom. The molecule has 0 nitrogen and oxygen atoms in total. The van der Waals surface area contributed by atoms with Gasteiger partial charge >= 0.3 is 0 Å². The van der Waals surface area contributed by atoms with Crippen LogP contribution in [0.3, 0.4) is 0 Å². The predicted octanol–water partition coefficient (Wildman–Crippen LogP) is 13.2. The molecule has 0 N–H and O–H groups in total. The summed E-state index contributed by atoms with van der Waals surface area (Å²) in [5, 5.41) is 15.6. The van der Waals surface area contributed by atoms with E-state index in [4.69, 9.17) is 0 Å². The summed E-state index contributed by atoms with van der Waals surface area (Å²) in [6.45, 7) is 2.28. The van der Waals surface area contributed by atoms with Crippen LogP contribution >= 0.6 is 12.6 Å². The molecule has 0 aliphatic carbocycles. The van der Waals surface area contributed by atoms with E-state index in [9.17, 15) is 0 Å². The third-order valence-corrected chi connectivity index (χ3v) is 10.1. The van der Waals surface area contributed by atoms with E-state index in [-0.39, 0.29) is 0 Å². The van der Waals surface area contributed by atoms with Gasteiger partial charge in [-0.3, -0.25) is 0 Å². The fraction of sp³-hybridized carbons (Fsp3) is 0.0667. The van der Waals surface area contributed by atoms with Crippen molar-refractivity contribution in [3.63, 3.8) is 0 Å². The quantitative estimate of drug-likeness (QED) is 0.150. The van der Waals surface area contributed by atoms with Crippen LogP contribution in [-0.4, -0.2) is 0 Å². The van der Waals surface area contributed by atoms with Crippen LogP contribution in [-0.2, 0) is 6.42 Å². The Kier molecular flexibility index (Phi) is 6.37. The predicted molar refractivity (Wildman–Crippen MR) is 204 cm³/mol. The van der Waals surface area contributed by atoms with Crippen molar-refractivity contribution in [3.8, 4) is 22.3 Å². The molecule has 9 aromatic rings. The third kappa shape index (κ3) is 4.30. The first-order valence-electron chi connectivity index (χ1n) is 16.2. The lowest BCUT2D eigenvalue weighted by Crippen LogP contribution is -1.92. The Hall–Kier alpha value is -5.11. The van der Waals surface area contributed by atoms with Gasteiger partial charge in [-0.1, -0.05) is 123 Å². The number of thiol groups is 1. The molecule has 0 saturated carbocycles. The lowest BCUT2D eigenvalue weighted by Gasteiger charge is -2.17. The molecule has 0 spiro atoms. The first-order chi connectivity index (χ1) is 22.7. The van der Waals surface area contributed by atoms with E-state index in [0.717, 1.165) is 17.7 Å². The number of benzene rings is 9. The highest BCUT2D eigenvalue weighted by molar-refractivity contribution is 7.80. The zero-order valence-corrected chi connectivity index (χ0v) is 26.6. The summed E-state index contributed by atoms with van der Waals surface area (Å²) < 4.78 is 0. The van der Waals surface area contributed by atoms with Crippen molar-refractivity contribution in [1.82, 2.24) is 0 Å². The zero-order valence-electron chi connectivity index (χ0n) is 25.7. The Bertz CT molecular complexity index is 2660. The van der Waals surface area contributed by atoms with Crippen molar-refractivity contribution in [1.29, 1.82) is 0 Å². The first kappa shape index (κ1) is 27.2. The summed E-state index contributed by atoms with van der Waals surface area (Å²) >= 11 is 4.54. The molecule has 218 valence electrons. The summed E-state index contributed by atoms with van der Waals surface area (Å²) in [6, 6.07) is 54.2. The minimum atomic E-state index is 0.990. The van der Waals surface area contributed by atoms with Gasteiger partial charge in [0, 0.05) is 4.90 Å². The number of hydrogen-bond donors (Lipinski definition) is 1. The van der Waals surface area contributed by atoms with Gasteiger partial charge in [-0.2, -0.15) is 0 Å². The highest BCUT2D eigenvalue weighted by Gasteiger charge is 2.16. The molecular weight excluding hydrogens is 573 g/mol. The van der Waals surface area contributed by atoms with Crippen LogP contribution in [0.2, 0.25) is 0 Å². The van der Waals surface area contributed by atoms with Gasteiger partial charge in [0.25, 0.3) is 0 Å². The molecular formula is C45H32S. The maximum absolute atomic E-state index is 4.54. The van der Waals surface area contributed by atoms with Crippen molar-refractivity contribution in [2.45, 2.75) is 24.7 Å². The molecule has 9 aromatic carbocycles. The van der Waals surface area contributed by atoms with Crippen LogP contribution in [0.25, 0.3) is 86.9 Å². The summed E-state index contributed by atoms with van der Waals surface area (Å²) in [5.74, 6) is 0. The molecule has 0 heterocycles. The smallest absolute Gasteiger partial charge is 0.00463 e. The molecule has 0 saturated heterocycles. The number of fused-ring (bicyclic) bond motifs is 10. The normalized spacial score (nSPS) is 11.9. The molecule has 0 amide bonds. The SMILES string of the molecule is CCCc1cc(-c2cc3c4ccccc4c4ccccc4c3c3ccccc23)cc2cc(-c3ccc4cc(S)ccc4c3)ccc12. The van der Waals surface area contributed by atoms with Gasteiger partial charge in [0.15, 0.2) is 0 Å². The van der Waals surface area contributed by atoms with Gasteiger partial charge in [0.2, 0.25) is 0 Å². The lowest BCUT2D eigenvalue weighted by molar-refractivity contribution is 0.930. The molecule has 0 atom stereocenters. The maximum atomic E-state index is 4.54. The average molecular weight is 605 g/mol. The number of rotatable bonds is 4. The average Bonchev–Trinajstić information content (AvgIpc) is 3.10. The minimum absolute atomic E-state index is 0.990. The van der Waals surface area contributed by atoms with Gasteiger partial charge in [0.1, 0.15) is 0 Å². The maximum Gasteiger partial charge on any atom is 0.00463 e. The molecule has 46 heavy (non-hydrogen) atoms. The third-order valence-electron chi connectivity index (χ3n) is 9.77. The fourth-order valence-electron chi connectivity index (χ4n) is 7.68. The summed E-state index contributed by atoms with van der Waals surface area (Å²) in [7, 11) is 0. The molecule has 9 rings (SSSR count). The van der Waals surface area contributed by atoms with E-state index < -0.39 is 0 Å². The highest BCUT2D eigenvalue weighted by Crippen LogP contribution is 2.43. The molecule has 0 unspecified atom stereocenters. The van der Waals surface area contributed by atoms with Gasteiger partial charge in [-0.05, 0) is 135 Å². The molecule has 0 aliphatic heterocycles. The Morgan fingerprint density at radius 1 is 0.413 bits per heavy atom. The van der Waals surface area contributed by atoms with Crippen molar-refractivity contribution in [2.24, 2.45) is 0 Å². The second-order valence-corrected chi connectivity index (χ2v) is 13.1. The second kappa shape index (κ2) is 10.8. The van der Waals surface area contributed by atoms with Gasteiger partial charge in [-0.15, -0.1) is 12.6 Å². The lowest BCUT2D eigenvalue weighted by atomic mass is 9.86. The molecule has 0 radical (unpaired) electrons. The van der Waals surface area contributed by atoms with Crippen LogP contribution in [0.15, 0.2) is 150 Å². The first-order valence-corrected chi connectivity index (χ1v) is 16.7. The number of aryl methyl sites for hydroxylation is 1. The van der Waals surface area contributed by atoms with Crippen LogP contribution in [0.1, 0.15) is 18.9 Å². The summed E-state index contributed by atoms with van der Waals surface area (Å²) in [6.07, 6.45) is 2.15. The standard InChI is InChI=1S/C45H32S/c1-2-9-32-24-34(25-33-23-30(19-21-36(32)33)28-16-17-31-26-35(46)20-18-29(31)22-28)43-27-44-39-12-4-3-10-37(39)38-11-5-7-14-41(38)45(44)42-15-8-6-13-40(42)43/h3-8,10-27,46H,2,9H2,1H3. The second-order valence-electron chi connectivity index (χ2n) is 12.6. The fourth-order valence-corrected chi connectivity index (χ4v) is 7.89. The topological polar surface area (TPSA) is 0 Å². The van der Waals surface area contributed by atoms with E-state index in [2.05, 4.69) is 165 Å². The van der Waals surface area contributed by atoms with Crippen LogP contribution in [0.4, 0.5) is 0 Å². The monoisotopic (exact) mass is 604 g/mol. The summed E-state index contributed by atoms with van der Waals surface area (Å²) in [4.78, 5) is 0.990. The van der Waals surface area contributed by atoms with E-state index >= 15 is 0 Å². The van der Waals surface area contributed by atoms with Crippen LogP contribution in [0.5, 0.6) is 0 Å². The van der Waals surface area contributed by atoms with Crippen LogP contribution < -0.4 is 0 Å². The molecule has 0 fully saturated rings. The highest BCUT2D eigenvalue weighted by atomic mass is 32.1. The Labute approximate surface area is 274 Å². The molecule has 0 aliphatic rings. The molecule has 0 bridgehead atoms. The van der Waals surface area contributed by atoms with Crippen molar-refractivity contribution < 1.29 is 0 Å². The van der Waals surface area contributed by atoms with Crippen molar-refractivity contribution in [2.75, 3.05) is 0 Å². The summed E-state index contributed by atoms with van der Waals surface area (Å²) in [5.41, 5.74) is 6.46. The molecule has 1 heteroatoms. The Morgan fingerprint density at radius 3 is 1.70 bits per heavy atom. The van der Waals surface area contributed by atoms with Gasteiger partial charge in [-0.25, -0.2) is 0 Å². The Balaban J connectivity index is 1.33. The van der Waals surface area contributed by atoms with E-state index in [1.54, 1.807) is 0 Å². The van der Waals surface area contributed by atoms with Gasteiger partial charge in [0.05, 0.1) is 0 Å². The van der Waals surface area contributed by atoms with E-state index in [1.807, 2.05) is 0 Å². The van der Waals surface area contributed by atoms with Gasteiger partial charge < -0.3 is 0 Å². The van der Waals surface area contributed by atoms with E-state index in [1.165, 1.54) is 92.5 Å². The van der Waals surface area contributed by atoms with Crippen molar-refractivity contribution in [3.05, 3.63) is 151 Å². The zero-order chi connectivity index (χ0) is 30.8. The van der Waals surface area contributed by atoms with E-state index in [0.29, 0.717) is 0 Å². The van der Waals surface area contributed by atoms with Crippen LogP contribution in [0, 0.1) is 0 Å². The van der Waals surface area contributed by atoms with Crippen molar-refractivity contribution >= 4 is 77.3 Å².